The third kappa shape index (κ3) is 1.59. The standard InChI is InChI=1S/C15H13N3O3/c1-8-4-11-13(17-6-8)21-12-3-2-9(19)5-10(12)15(11)7-20-14(16)18-15/h2-6,19H,7H2,1H3,(H2,16,18). The number of aryl methyl sites for hydroxylation is 1. The molecule has 21 heavy (non-hydrogen) atoms. The van der Waals surface area contributed by atoms with Crippen molar-refractivity contribution in [1.82, 2.24) is 4.98 Å². The minimum atomic E-state index is -0.815. The Morgan fingerprint density at radius 2 is 2.14 bits per heavy atom. The number of nitrogens with zero attached hydrogens (tertiary/aromatic N) is 2. The van der Waals surface area contributed by atoms with Crippen molar-refractivity contribution in [1.29, 1.82) is 0 Å². The fraction of sp³-hybridized carbons (Fsp3) is 0.200. The minimum Gasteiger partial charge on any atom is -0.508 e. The summed E-state index contributed by atoms with van der Waals surface area (Å²) in [5.74, 6) is 1.22. The number of phenols is 1. The average molecular weight is 283 g/mol. The molecule has 0 fully saturated rings. The van der Waals surface area contributed by atoms with Crippen LogP contribution in [0.1, 0.15) is 16.7 Å². The number of hydrogen-bond acceptors (Lipinski definition) is 6. The van der Waals surface area contributed by atoms with Crippen molar-refractivity contribution in [3.05, 3.63) is 47.2 Å². The SMILES string of the molecule is Cc1cnc2c(c1)C1(COC(N)=N1)c1cc(O)ccc1O2. The molecule has 2 aliphatic rings. The molecular formula is C15H13N3O3. The van der Waals surface area contributed by atoms with E-state index in [2.05, 4.69) is 9.98 Å². The van der Waals surface area contributed by atoms with Crippen molar-refractivity contribution < 1.29 is 14.6 Å². The molecule has 1 aromatic heterocycles. The van der Waals surface area contributed by atoms with Gasteiger partial charge in [-0.3, -0.25) is 0 Å². The van der Waals surface area contributed by atoms with Gasteiger partial charge in [-0.2, -0.15) is 0 Å². The Morgan fingerprint density at radius 1 is 1.29 bits per heavy atom. The Hall–Kier alpha value is -2.76. The van der Waals surface area contributed by atoms with E-state index in [1.54, 1.807) is 24.4 Å². The highest BCUT2D eigenvalue weighted by Crippen LogP contribution is 2.50. The maximum absolute atomic E-state index is 9.81. The first kappa shape index (κ1) is 12.0. The number of fused-ring (bicyclic) bond motifs is 4. The van der Waals surface area contributed by atoms with Gasteiger partial charge in [0, 0.05) is 11.8 Å². The van der Waals surface area contributed by atoms with E-state index >= 15 is 0 Å². The van der Waals surface area contributed by atoms with Crippen LogP contribution in [0.15, 0.2) is 35.5 Å². The molecule has 4 rings (SSSR count). The number of benzene rings is 1. The lowest BCUT2D eigenvalue weighted by molar-refractivity contribution is 0.262. The van der Waals surface area contributed by atoms with E-state index in [0.29, 0.717) is 11.6 Å². The summed E-state index contributed by atoms with van der Waals surface area (Å²) >= 11 is 0. The fourth-order valence-electron chi connectivity index (χ4n) is 2.82. The first-order valence-electron chi connectivity index (χ1n) is 6.55. The quantitative estimate of drug-likeness (QED) is 0.769. The number of phenolic OH excluding ortho intramolecular Hbond substituents is 1. The Labute approximate surface area is 120 Å². The molecular weight excluding hydrogens is 270 g/mol. The lowest BCUT2D eigenvalue weighted by atomic mass is 9.82. The van der Waals surface area contributed by atoms with Crippen LogP contribution in [-0.2, 0) is 10.3 Å². The van der Waals surface area contributed by atoms with E-state index in [1.807, 2.05) is 13.0 Å². The van der Waals surface area contributed by atoms with Gasteiger partial charge >= 0.3 is 0 Å². The molecule has 0 amide bonds. The monoisotopic (exact) mass is 283 g/mol. The molecule has 106 valence electrons. The number of amidine groups is 1. The second-order valence-corrected chi connectivity index (χ2v) is 5.25. The number of aliphatic imine (C=N–C) groups is 1. The predicted octanol–water partition coefficient (Wildman–Crippen LogP) is 1.79. The molecule has 6 nitrogen and oxygen atoms in total. The number of aromatic nitrogens is 1. The number of aromatic hydroxyl groups is 1. The van der Waals surface area contributed by atoms with Crippen molar-refractivity contribution in [2.24, 2.45) is 10.7 Å². The van der Waals surface area contributed by atoms with Gasteiger partial charge in [-0.25, -0.2) is 9.98 Å². The van der Waals surface area contributed by atoms with Gasteiger partial charge in [0.2, 0.25) is 5.88 Å². The van der Waals surface area contributed by atoms with E-state index in [4.69, 9.17) is 15.2 Å². The molecule has 1 spiro atoms. The van der Waals surface area contributed by atoms with Crippen LogP contribution >= 0.6 is 0 Å². The number of rotatable bonds is 0. The molecule has 0 saturated heterocycles. The summed E-state index contributed by atoms with van der Waals surface area (Å²) in [5.41, 5.74) is 7.42. The summed E-state index contributed by atoms with van der Waals surface area (Å²) in [6, 6.07) is 6.97. The number of pyridine rings is 1. The van der Waals surface area contributed by atoms with Gasteiger partial charge in [0.05, 0.1) is 5.56 Å². The van der Waals surface area contributed by atoms with Crippen molar-refractivity contribution in [2.75, 3.05) is 6.61 Å². The van der Waals surface area contributed by atoms with Crippen LogP contribution in [0.4, 0.5) is 0 Å². The lowest BCUT2D eigenvalue weighted by Gasteiger charge is -2.32. The molecule has 2 aromatic rings. The Bertz CT molecular complexity index is 734. The van der Waals surface area contributed by atoms with Gasteiger partial charge in [0.15, 0.2) is 5.54 Å². The molecule has 1 atom stereocenters. The first-order valence-corrected chi connectivity index (χ1v) is 6.55. The summed E-state index contributed by atoms with van der Waals surface area (Å²) < 4.78 is 11.2. The third-order valence-corrected chi connectivity index (χ3v) is 3.78. The maximum atomic E-state index is 9.81. The van der Waals surface area contributed by atoms with E-state index in [9.17, 15) is 5.11 Å². The van der Waals surface area contributed by atoms with Crippen LogP contribution in [0, 0.1) is 6.92 Å². The largest absolute Gasteiger partial charge is 0.508 e. The molecule has 0 saturated carbocycles. The van der Waals surface area contributed by atoms with Gasteiger partial charge in [-0.1, -0.05) is 0 Å². The smallest absolute Gasteiger partial charge is 0.283 e. The maximum Gasteiger partial charge on any atom is 0.283 e. The highest BCUT2D eigenvalue weighted by atomic mass is 16.5. The highest BCUT2D eigenvalue weighted by molar-refractivity contribution is 5.76. The normalized spacial score (nSPS) is 22.0. The summed E-state index contributed by atoms with van der Waals surface area (Å²) in [5, 5.41) is 9.81. The second-order valence-electron chi connectivity index (χ2n) is 5.25. The van der Waals surface area contributed by atoms with Gasteiger partial charge in [-0.05, 0) is 36.8 Å². The zero-order valence-corrected chi connectivity index (χ0v) is 11.3. The molecule has 1 aromatic carbocycles. The van der Waals surface area contributed by atoms with Crippen LogP contribution in [0.25, 0.3) is 0 Å². The van der Waals surface area contributed by atoms with Gasteiger partial charge in [0.1, 0.15) is 18.1 Å². The predicted molar refractivity (Wildman–Crippen MR) is 75.5 cm³/mol. The summed E-state index contributed by atoms with van der Waals surface area (Å²) in [7, 11) is 0. The summed E-state index contributed by atoms with van der Waals surface area (Å²) in [4.78, 5) is 8.82. The van der Waals surface area contributed by atoms with Gasteiger partial charge in [0.25, 0.3) is 6.02 Å². The highest BCUT2D eigenvalue weighted by Gasteiger charge is 2.47. The van der Waals surface area contributed by atoms with Crippen LogP contribution in [0.5, 0.6) is 17.4 Å². The number of nitrogens with two attached hydrogens (primary N) is 1. The van der Waals surface area contributed by atoms with Crippen molar-refractivity contribution in [3.63, 3.8) is 0 Å². The van der Waals surface area contributed by atoms with E-state index in [0.717, 1.165) is 16.7 Å². The topological polar surface area (TPSA) is 90.0 Å². The number of ether oxygens (including phenoxy) is 2. The van der Waals surface area contributed by atoms with Gasteiger partial charge in [-0.15, -0.1) is 0 Å². The Morgan fingerprint density at radius 3 is 2.90 bits per heavy atom. The average Bonchev–Trinajstić information content (AvgIpc) is 2.84. The second kappa shape index (κ2) is 3.88. The Kier molecular flexibility index (Phi) is 2.22. The van der Waals surface area contributed by atoms with E-state index < -0.39 is 5.54 Å². The molecule has 0 radical (unpaired) electrons. The first-order chi connectivity index (χ1) is 10.1. The molecule has 1 unspecified atom stereocenters. The number of hydrogen-bond donors (Lipinski definition) is 2. The molecule has 0 bridgehead atoms. The summed E-state index contributed by atoms with van der Waals surface area (Å²) in [6.45, 7) is 2.21. The third-order valence-electron chi connectivity index (χ3n) is 3.78. The lowest BCUT2D eigenvalue weighted by Crippen LogP contribution is -2.31. The van der Waals surface area contributed by atoms with Crippen LogP contribution in [-0.4, -0.2) is 22.7 Å². The van der Waals surface area contributed by atoms with Crippen molar-refractivity contribution in [2.45, 2.75) is 12.5 Å². The van der Waals surface area contributed by atoms with Crippen LogP contribution < -0.4 is 10.5 Å². The van der Waals surface area contributed by atoms with E-state index in [-0.39, 0.29) is 18.4 Å². The van der Waals surface area contributed by atoms with E-state index in [1.165, 1.54) is 0 Å². The molecule has 2 aliphatic heterocycles. The summed E-state index contributed by atoms with van der Waals surface area (Å²) in [6.07, 6.45) is 1.74. The Balaban J connectivity index is 2.05. The molecule has 3 N–H and O–H groups in total. The zero-order valence-electron chi connectivity index (χ0n) is 11.3. The molecule has 6 heteroatoms. The van der Waals surface area contributed by atoms with Crippen molar-refractivity contribution in [3.8, 4) is 17.4 Å². The minimum absolute atomic E-state index is 0.124. The molecule has 0 aliphatic carbocycles. The zero-order chi connectivity index (χ0) is 14.6. The van der Waals surface area contributed by atoms with Crippen LogP contribution in [0.3, 0.4) is 0 Å². The molecule has 3 heterocycles. The van der Waals surface area contributed by atoms with Crippen LogP contribution in [0.2, 0.25) is 0 Å². The fourth-order valence-corrected chi connectivity index (χ4v) is 2.82. The van der Waals surface area contributed by atoms with Gasteiger partial charge < -0.3 is 20.3 Å². The van der Waals surface area contributed by atoms with Crippen molar-refractivity contribution >= 4 is 6.02 Å².